The lowest BCUT2D eigenvalue weighted by molar-refractivity contribution is -0.383. The van der Waals surface area contributed by atoms with Crippen molar-refractivity contribution < 1.29 is 27.4 Å². The van der Waals surface area contributed by atoms with Crippen molar-refractivity contribution in [1.82, 2.24) is 10.2 Å². The van der Waals surface area contributed by atoms with E-state index >= 15 is 0 Å². The molecular formula is C22H34N4O7S. The number of nitrogens with two attached hydrogens (primary N) is 1. The Labute approximate surface area is 200 Å². The van der Waals surface area contributed by atoms with Gasteiger partial charge < -0.3 is 20.7 Å². The van der Waals surface area contributed by atoms with Gasteiger partial charge in [0, 0.05) is 37.8 Å². The van der Waals surface area contributed by atoms with E-state index in [0.717, 1.165) is 44.8 Å². The first-order chi connectivity index (χ1) is 16.0. The molecule has 1 aromatic carbocycles. The average Bonchev–Trinajstić information content (AvgIpc) is 2.75. The summed E-state index contributed by atoms with van der Waals surface area (Å²) >= 11 is 0. The van der Waals surface area contributed by atoms with Crippen LogP contribution < -0.4 is 15.8 Å². The zero-order valence-electron chi connectivity index (χ0n) is 19.6. The second-order valence-corrected chi connectivity index (χ2v) is 10.00. The Kier molecular flexibility index (Phi) is 10.3. The highest BCUT2D eigenvalue weighted by Gasteiger charge is 2.26. The molecule has 1 atom stereocenters. The summed E-state index contributed by atoms with van der Waals surface area (Å²) in [5.74, 6) is 0.651. The molecule has 2 aliphatic rings. The summed E-state index contributed by atoms with van der Waals surface area (Å²) in [7, 11) is -3.67. The van der Waals surface area contributed by atoms with E-state index in [2.05, 4.69) is 22.4 Å². The molecule has 1 aliphatic heterocycles. The first-order valence-electron chi connectivity index (χ1n) is 11.3. The number of carbonyl (C=O) groups excluding carboxylic acids is 1. The zero-order chi connectivity index (χ0) is 25.3. The van der Waals surface area contributed by atoms with E-state index in [4.69, 9.17) is 15.0 Å². The molecule has 4 N–H and O–H groups in total. The summed E-state index contributed by atoms with van der Waals surface area (Å²) in [6.07, 6.45) is 10.6. The third-order valence-corrected chi connectivity index (χ3v) is 5.69. The largest absolute Gasteiger partial charge is 0.493 e. The number of nitro groups is 1. The van der Waals surface area contributed by atoms with Crippen molar-refractivity contribution >= 4 is 27.4 Å². The fourth-order valence-electron chi connectivity index (χ4n) is 4.10. The number of nitro benzene ring substituents is 1. The second kappa shape index (κ2) is 12.7. The number of rotatable bonds is 7. The van der Waals surface area contributed by atoms with Gasteiger partial charge in [0.05, 0.1) is 23.3 Å². The highest BCUT2D eigenvalue weighted by atomic mass is 32.2. The summed E-state index contributed by atoms with van der Waals surface area (Å²) in [6.45, 7) is 5.14. The number of nitrogens with zero attached hydrogens (tertiary/aromatic N) is 2. The lowest BCUT2D eigenvalue weighted by Crippen LogP contribution is -2.45. The van der Waals surface area contributed by atoms with E-state index in [1.54, 1.807) is 6.92 Å². The number of nitrogens with one attached hydrogen (secondary N) is 1. The maximum absolute atomic E-state index is 12.8. The first-order valence-corrected chi connectivity index (χ1v) is 13.1. The van der Waals surface area contributed by atoms with Gasteiger partial charge in [-0.3, -0.25) is 19.5 Å². The molecule has 1 aliphatic carbocycles. The quantitative estimate of drug-likeness (QED) is 0.168. The number of anilines is 1. The monoisotopic (exact) mass is 498 g/mol. The molecule has 1 aromatic rings. The number of allylic oxidation sites excluding steroid dienone is 2. The Balaban J connectivity index is 0.000000739. The predicted molar refractivity (Wildman–Crippen MR) is 130 cm³/mol. The van der Waals surface area contributed by atoms with E-state index in [0.29, 0.717) is 12.9 Å². The minimum absolute atomic E-state index is 0.0131. The normalized spacial score (nSPS) is 19.1. The first kappa shape index (κ1) is 27.5. The Morgan fingerprint density at radius 1 is 1.29 bits per heavy atom. The van der Waals surface area contributed by atoms with Crippen molar-refractivity contribution in [2.24, 2.45) is 5.92 Å². The van der Waals surface area contributed by atoms with Crippen LogP contribution in [0.5, 0.6) is 5.75 Å². The van der Waals surface area contributed by atoms with E-state index in [-0.39, 0.29) is 34.6 Å². The Hall–Kier alpha value is -2.70. The maximum Gasteiger partial charge on any atom is 0.293 e. The van der Waals surface area contributed by atoms with Crippen LogP contribution in [-0.4, -0.2) is 67.2 Å². The Morgan fingerprint density at radius 2 is 1.94 bits per heavy atom. The fraction of sp³-hybridized carbons (Fsp3) is 0.591. The molecule has 0 spiro atoms. The summed E-state index contributed by atoms with van der Waals surface area (Å²) < 4.78 is 31.4. The lowest BCUT2D eigenvalue weighted by atomic mass is 9.93. The van der Waals surface area contributed by atoms with Crippen LogP contribution >= 0.6 is 0 Å². The van der Waals surface area contributed by atoms with Crippen molar-refractivity contribution in [3.8, 4) is 5.75 Å². The number of hydrogen-bond donors (Lipinski definition) is 3. The molecule has 11 nitrogen and oxygen atoms in total. The lowest BCUT2D eigenvalue weighted by Gasteiger charge is -2.35. The topological polar surface area (TPSA) is 165 Å². The average molecular weight is 499 g/mol. The van der Waals surface area contributed by atoms with Gasteiger partial charge in [-0.2, -0.15) is 8.42 Å². The number of hydrogen-bond acceptors (Lipinski definition) is 8. The third kappa shape index (κ3) is 9.27. The molecule has 0 saturated carbocycles. The van der Waals surface area contributed by atoms with Gasteiger partial charge in [0.25, 0.3) is 21.7 Å². The number of carbonyl (C=O) groups is 1. The van der Waals surface area contributed by atoms with Crippen molar-refractivity contribution in [3.05, 3.63) is 40.0 Å². The highest BCUT2D eigenvalue weighted by Crippen LogP contribution is 2.31. The van der Waals surface area contributed by atoms with Gasteiger partial charge in [-0.1, -0.05) is 12.2 Å². The standard InChI is InChI=1S/C21H30N4O4.CH4O3S/c1-2-29-20-13-18(22)19(25(27)28)12-17(20)21(26)23-16-8-10-24(11-9-16)14-15-6-4-3-5-7-15;1-5(2,3)4/h3-4,12-13,15-16H,2,5-11,14,22H2,1H3,(H,23,26);1H3,(H,2,3,4). The molecule has 1 unspecified atom stereocenters. The molecule has 1 saturated heterocycles. The smallest absolute Gasteiger partial charge is 0.293 e. The maximum atomic E-state index is 12.8. The van der Waals surface area contributed by atoms with Crippen LogP contribution in [0, 0.1) is 16.0 Å². The molecule has 0 aromatic heterocycles. The highest BCUT2D eigenvalue weighted by molar-refractivity contribution is 7.85. The summed E-state index contributed by atoms with van der Waals surface area (Å²) in [6, 6.07) is 2.62. The van der Waals surface area contributed by atoms with Crippen LogP contribution in [0.3, 0.4) is 0 Å². The summed E-state index contributed by atoms with van der Waals surface area (Å²) in [5, 5.41) is 14.2. The number of amides is 1. The van der Waals surface area contributed by atoms with Gasteiger partial charge in [0.2, 0.25) is 0 Å². The van der Waals surface area contributed by atoms with E-state index < -0.39 is 15.0 Å². The van der Waals surface area contributed by atoms with Crippen molar-refractivity contribution in [2.45, 2.75) is 45.1 Å². The predicted octanol–water partition coefficient (Wildman–Crippen LogP) is 2.63. The van der Waals surface area contributed by atoms with Crippen LogP contribution in [0.2, 0.25) is 0 Å². The van der Waals surface area contributed by atoms with Crippen molar-refractivity contribution in [3.63, 3.8) is 0 Å². The molecule has 1 heterocycles. The van der Waals surface area contributed by atoms with Gasteiger partial charge >= 0.3 is 0 Å². The zero-order valence-corrected chi connectivity index (χ0v) is 20.4. The minimum atomic E-state index is -3.67. The summed E-state index contributed by atoms with van der Waals surface area (Å²) in [4.78, 5) is 25.9. The Morgan fingerprint density at radius 3 is 2.47 bits per heavy atom. The van der Waals surface area contributed by atoms with E-state index in [1.165, 1.54) is 25.0 Å². The molecule has 1 amide bonds. The van der Waals surface area contributed by atoms with E-state index in [9.17, 15) is 23.3 Å². The number of piperidine rings is 1. The van der Waals surface area contributed by atoms with Crippen molar-refractivity contribution in [1.29, 1.82) is 0 Å². The Bertz CT molecular complexity index is 981. The molecule has 0 bridgehead atoms. The molecule has 3 rings (SSSR count). The molecule has 1 fully saturated rings. The van der Waals surface area contributed by atoms with Crippen LogP contribution in [0.15, 0.2) is 24.3 Å². The van der Waals surface area contributed by atoms with Crippen LogP contribution in [0.1, 0.15) is 49.4 Å². The minimum Gasteiger partial charge on any atom is -0.493 e. The van der Waals surface area contributed by atoms with Gasteiger partial charge in [-0.15, -0.1) is 0 Å². The van der Waals surface area contributed by atoms with Crippen LogP contribution in [-0.2, 0) is 10.1 Å². The fourth-order valence-corrected chi connectivity index (χ4v) is 4.10. The van der Waals surface area contributed by atoms with Crippen molar-refractivity contribution in [2.75, 3.05) is 38.2 Å². The number of benzene rings is 1. The number of nitrogen functional groups attached to an aromatic ring is 1. The van der Waals surface area contributed by atoms with Gasteiger partial charge in [0.15, 0.2) is 0 Å². The van der Waals surface area contributed by atoms with Gasteiger partial charge in [0.1, 0.15) is 11.4 Å². The number of ether oxygens (including phenoxy) is 1. The molecule has 190 valence electrons. The SMILES string of the molecule is CCOc1cc(N)c([N+](=O)[O-])cc1C(=O)NC1CCN(CC2CC=CCC2)CC1.CS(=O)(=O)O. The second-order valence-electron chi connectivity index (χ2n) is 8.53. The molecule has 34 heavy (non-hydrogen) atoms. The number of likely N-dealkylation sites (tertiary alicyclic amines) is 1. The summed E-state index contributed by atoms with van der Waals surface area (Å²) in [5.41, 5.74) is 5.60. The molecule has 0 radical (unpaired) electrons. The van der Waals surface area contributed by atoms with Crippen LogP contribution in [0.4, 0.5) is 11.4 Å². The van der Waals surface area contributed by atoms with Gasteiger partial charge in [-0.05, 0) is 44.9 Å². The molecule has 12 heteroatoms. The third-order valence-electron chi connectivity index (χ3n) is 5.69. The molecular weight excluding hydrogens is 464 g/mol. The van der Waals surface area contributed by atoms with Gasteiger partial charge in [-0.25, -0.2) is 0 Å². The van der Waals surface area contributed by atoms with Crippen LogP contribution in [0.25, 0.3) is 0 Å². The van der Waals surface area contributed by atoms with E-state index in [1.807, 2.05) is 0 Å².